The van der Waals surface area contributed by atoms with Crippen molar-refractivity contribution in [3.63, 3.8) is 0 Å². The molecule has 1 aromatic carbocycles. The van der Waals surface area contributed by atoms with Crippen LogP contribution in [0.2, 0.25) is 0 Å². The predicted octanol–water partition coefficient (Wildman–Crippen LogP) is 1.50. The van der Waals surface area contributed by atoms with Crippen molar-refractivity contribution in [1.82, 2.24) is 4.98 Å². The summed E-state index contributed by atoms with van der Waals surface area (Å²) >= 11 is 0. The molecule has 0 radical (unpaired) electrons. The maximum absolute atomic E-state index is 11.9. The minimum absolute atomic E-state index is 0.342. The van der Waals surface area contributed by atoms with Gasteiger partial charge in [0.1, 0.15) is 5.75 Å². The number of pyridine rings is 1. The Morgan fingerprint density at radius 1 is 1.33 bits per heavy atom. The van der Waals surface area contributed by atoms with Gasteiger partial charge in [-0.25, -0.2) is 0 Å². The van der Waals surface area contributed by atoms with Gasteiger partial charge in [0, 0.05) is 5.56 Å². The Hall–Kier alpha value is -2.56. The van der Waals surface area contributed by atoms with Crippen LogP contribution >= 0.6 is 0 Å². The van der Waals surface area contributed by atoms with E-state index in [-0.39, 0.29) is 5.56 Å². The minimum atomic E-state index is -1.48. The Labute approximate surface area is 122 Å². The molecule has 0 aliphatic heterocycles. The number of aryl methyl sites for hydroxylation is 1. The number of H-pyrrole nitrogens is 1. The van der Waals surface area contributed by atoms with Gasteiger partial charge in [-0.05, 0) is 37.1 Å². The van der Waals surface area contributed by atoms with Crippen LogP contribution in [0.15, 0.2) is 35.1 Å². The van der Waals surface area contributed by atoms with Crippen molar-refractivity contribution in [2.75, 3.05) is 6.61 Å². The van der Waals surface area contributed by atoms with Gasteiger partial charge in [0.25, 0.3) is 5.56 Å². The lowest BCUT2D eigenvalue weighted by Crippen LogP contribution is -2.31. The quantitative estimate of drug-likeness (QED) is 0.903. The van der Waals surface area contributed by atoms with Gasteiger partial charge in [0.05, 0.1) is 23.8 Å². The topological polar surface area (TPSA) is 82.2 Å². The Morgan fingerprint density at radius 2 is 2.05 bits per heavy atom. The van der Waals surface area contributed by atoms with Crippen LogP contribution < -0.4 is 15.4 Å². The summed E-state index contributed by atoms with van der Waals surface area (Å²) in [6.07, 6.45) is 0.869. The summed E-state index contributed by atoms with van der Waals surface area (Å²) in [7, 11) is 0. The molecule has 21 heavy (non-hydrogen) atoms. The molecule has 0 aliphatic carbocycles. The number of carbonyl (C=O) groups excluding carboxylic acids is 1. The third kappa shape index (κ3) is 3.13. The molecule has 0 aliphatic rings. The maximum Gasteiger partial charge on any atom is 0.257 e. The molecule has 1 heterocycles. The third-order valence-electron chi connectivity index (χ3n) is 3.07. The van der Waals surface area contributed by atoms with E-state index < -0.39 is 11.5 Å². The van der Waals surface area contributed by atoms with Crippen LogP contribution in [0.4, 0.5) is 0 Å². The molecule has 2 rings (SSSR count). The summed E-state index contributed by atoms with van der Waals surface area (Å²) in [5.41, 5.74) is 0.588. The van der Waals surface area contributed by atoms with E-state index in [1.54, 1.807) is 13.0 Å². The van der Waals surface area contributed by atoms with Crippen LogP contribution in [0, 0.1) is 6.92 Å². The van der Waals surface area contributed by atoms with Gasteiger partial charge >= 0.3 is 0 Å². The molecule has 0 saturated carbocycles. The summed E-state index contributed by atoms with van der Waals surface area (Å²) < 4.78 is 5.65. The predicted molar refractivity (Wildman–Crippen MR) is 77.4 cm³/mol. The Balaban J connectivity index is 2.53. The molecule has 1 N–H and O–H groups in total. The molecule has 0 fully saturated rings. The van der Waals surface area contributed by atoms with Crippen molar-refractivity contribution >= 4 is 5.97 Å². The number of nitrogens with one attached hydrogen (secondary N) is 1. The second kappa shape index (κ2) is 6.26. The van der Waals surface area contributed by atoms with Crippen LogP contribution in [0.25, 0.3) is 11.3 Å². The number of carboxylic acid groups (broad SMARTS) is 1. The van der Waals surface area contributed by atoms with Gasteiger partial charge in [0.2, 0.25) is 0 Å². The van der Waals surface area contributed by atoms with Crippen molar-refractivity contribution in [2.45, 2.75) is 20.3 Å². The van der Waals surface area contributed by atoms with Gasteiger partial charge < -0.3 is 19.6 Å². The van der Waals surface area contributed by atoms with E-state index in [1.165, 1.54) is 0 Å². The van der Waals surface area contributed by atoms with Gasteiger partial charge in [-0.2, -0.15) is 0 Å². The number of aromatic nitrogens is 1. The average Bonchev–Trinajstić information content (AvgIpc) is 2.44. The first-order chi connectivity index (χ1) is 10.0. The number of ether oxygens (including phenoxy) is 1. The number of rotatable bonds is 5. The summed E-state index contributed by atoms with van der Waals surface area (Å²) in [5.74, 6) is -0.827. The molecule has 0 atom stereocenters. The summed E-state index contributed by atoms with van der Waals surface area (Å²) in [6, 6.07) is 8.91. The molecular formula is C16H16NO4-. The minimum Gasteiger partial charge on any atom is -0.545 e. The fourth-order valence-electron chi connectivity index (χ4n) is 2.11. The summed E-state index contributed by atoms with van der Waals surface area (Å²) in [4.78, 5) is 25.4. The molecule has 5 nitrogen and oxygen atoms in total. The fourth-order valence-corrected chi connectivity index (χ4v) is 2.11. The molecule has 110 valence electrons. The summed E-state index contributed by atoms with van der Waals surface area (Å²) in [6.45, 7) is 4.14. The normalized spacial score (nSPS) is 10.4. The highest BCUT2D eigenvalue weighted by Gasteiger charge is 2.11. The number of aromatic amines is 1. The van der Waals surface area contributed by atoms with Crippen LogP contribution in [-0.2, 0) is 0 Å². The first-order valence-electron chi connectivity index (χ1n) is 6.72. The van der Waals surface area contributed by atoms with Crippen molar-refractivity contribution in [3.05, 3.63) is 51.8 Å². The highest BCUT2D eigenvalue weighted by atomic mass is 16.5. The number of para-hydroxylation sites is 1. The second-order valence-corrected chi connectivity index (χ2v) is 4.70. The maximum atomic E-state index is 11.9. The Bertz CT molecular complexity index is 718. The van der Waals surface area contributed by atoms with Crippen molar-refractivity contribution in [2.24, 2.45) is 0 Å². The van der Waals surface area contributed by atoms with Crippen LogP contribution in [0.3, 0.4) is 0 Å². The largest absolute Gasteiger partial charge is 0.545 e. The number of hydrogen-bond acceptors (Lipinski definition) is 4. The van der Waals surface area contributed by atoms with E-state index in [9.17, 15) is 14.7 Å². The van der Waals surface area contributed by atoms with E-state index in [0.29, 0.717) is 23.6 Å². The third-order valence-corrected chi connectivity index (χ3v) is 3.07. The first kappa shape index (κ1) is 14.8. The first-order valence-corrected chi connectivity index (χ1v) is 6.72. The van der Waals surface area contributed by atoms with E-state index in [0.717, 1.165) is 12.0 Å². The molecule has 0 unspecified atom stereocenters. The number of hydrogen-bond donors (Lipinski definition) is 1. The zero-order valence-corrected chi connectivity index (χ0v) is 11.9. The molecule has 0 saturated heterocycles. The number of carbonyl (C=O) groups is 1. The average molecular weight is 286 g/mol. The van der Waals surface area contributed by atoms with Gasteiger partial charge in [0.15, 0.2) is 0 Å². The lowest BCUT2D eigenvalue weighted by atomic mass is 10.1. The zero-order valence-electron chi connectivity index (χ0n) is 11.9. The summed E-state index contributed by atoms with van der Waals surface area (Å²) in [5, 5.41) is 10.9. The number of carboxylic acids is 1. The highest BCUT2D eigenvalue weighted by molar-refractivity contribution is 5.87. The smallest absolute Gasteiger partial charge is 0.257 e. The van der Waals surface area contributed by atoms with Crippen LogP contribution in [0.1, 0.15) is 29.3 Å². The van der Waals surface area contributed by atoms with Crippen molar-refractivity contribution < 1.29 is 14.6 Å². The molecular weight excluding hydrogens is 270 g/mol. The Morgan fingerprint density at radius 3 is 2.67 bits per heavy atom. The van der Waals surface area contributed by atoms with E-state index >= 15 is 0 Å². The van der Waals surface area contributed by atoms with Crippen LogP contribution in [0.5, 0.6) is 5.75 Å². The van der Waals surface area contributed by atoms with Gasteiger partial charge in [-0.3, -0.25) is 4.79 Å². The zero-order chi connectivity index (χ0) is 15.4. The van der Waals surface area contributed by atoms with Crippen LogP contribution in [-0.4, -0.2) is 17.6 Å². The lowest BCUT2D eigenvalue weighted by molar-refractivity contribution is -0.255. The molecule has 0 bridgehead atoms. The highest BCUT2D eigenvalue weighted by Crippen LogP contribution is 2.28. The SMILES string of the molecule is CCCOc1ccccc1-c1cc(C)c(C(=O)[O-])c(=O)[nH]1. The Kier molecular flexibility index (Phi) is 4.42. The standard InChI is InChI=1S/C16H17NO4/c1-3-8-21-13-7-5-4-6-11(13)12-9-10(2)14(16(19)20)15(18)17-12/h4-7,9H,3,8H2,1-2H3,(H,17,18)(H,19,20)/p-1. The molecule has 0 spiro atoms. The molecule has 1 aromatic heterocycles. The van der Waals surface area contributed by atoms with Crippen molar-refractivity contribution in [3.8, 4) is 17.0 Å². The molecule has 5 heteroatoms. The second-order valence-electron chi connectivity index (χ2n) is 4.70. The van der Waals surface area contributed by atoms with E-state index in [2.05, 4.69) is 4.98 Å². The van der Waals surface area contributed by atoms with Gasteiger partial charge in [-0.1, -0.05) is 19.1 Å². The molecule has 0 amide bonds. The number of aromatic carboxylic acids is 1. The monoisotopic (exact) mass is 286 g/mol. The van der Waals surface area contributed by atoms with Crippen molar-refractivity contribution in [1.29, 1.82) is 0 Å². The van der Waals surface area contributed by atoms with E-state index in [1.807, 2.05) is 31.2 Å². The fraction of sp³-hybridized carbons (Fsp3) is 0.250. The van der Waals surface area contributed by atoms with Gasteiger partial charge in [-0.15, -0.1) is 0 Å². The lowest BCUT2D eigenvalue weighted by Gasteiger charge is -2.13. The van der Waals surface area contributed by atoms with E-state index in [4.69, 9.17) is 4.74 Å². The number of benzene rings is 1. The molecule has 2 aromatic rings.